The standard InChI is InChI=1S/C26H28F2N4O3/c1-3-26(35)14(2)9-15(11-22(26)34)17-7-8-30-12-16(17)10-21(33)24-20(29)13-31-25(32-24)23-18(27)5-4-6-19(23)28/h4-8,12-15,22,34-35H,3,9-11,29H2,1-2H3/t14-,15+,22+,26+/m0/s1. The molecule has 4 N–H and O–H groups in total. The zero-order valence-corrected chi connectivity index (χ0v) is 19.6. The minimum Gasteiger partial charge on any atom is -0.396 e. The molecule has 4 rings (SSSR count). The zero-order valence-electron chi connectivity index (χ0n) is 19.6. The summed E-state index contributed by atoms with van der Waals surface area (Å²) in [7, 11) is 0. The van der Waals surface area contributed by atoms with Crippen LogP contribution in [0.3, 0.4) is 0 Å². The SMILES string of the molecule is CC[C@]1(O)[C@H](O)C[C@H](c2ccncc2CC(=O)c2nc(-c3c(F)cccc3F)ncc2N)C[C@@H]1C. The molecule has 0 unspecified atom stereocenters. The smallest absolute Gasteiger partial charge is 0.187 e. The van der Waals surface area contributed by atoms with Gasteiger partial charge in [0.25, 0.3) is 0 Å². The van der Waals surface area contributed by atoms with Gasteiger partial charge in [0.15, 0.2) is 11.6 Å². The molecule has 1 aliphatic rings. The molecule has 0 bridgehead atoms. The van der Waals surface area contributed by atoms with E-state index in [4.69, 9.17) is 5.73 Å². The molecule has 184 valence electrons. The van der Waals surface area contributed by atoms with Crippen LogP contribution < -0.4 is 5.73 Å². The van der Waals surface area contributed by atoms with Crippen molar-refractivity contribution < 1.29 is 23.8 Å². The number of anilines is 1. The van der Waals surface area contributed by atoms with Crippen LogP contribution in [0.4, 0.5) is 14.5 Å². The molecule has 7 nitrogen and oxygen atoms in total. The number of aromatic nitrogens is 3. The predicted molar refractivity (Wildman–Crippen MR) is 126 cm³/mol. The highest BCUT2D eigenvalue weighted by Crippen LogP contribution is 2.44. The molecule has 3 aromatic rings. The van der Waals surface area contributed by atoms with E-state index >= 15 is 0 Å². The molecule has 2 heterocycles. The fraction of sp³-hybridized carbons (Fsp3) is 0.385. The minimum atomic E-state index is -1.15. The van der Waals surface area contributed by atoms with Gasteiger partial charge in [-0.05, 0) is 60.4 Å². The Bertz CT molecular complexity index is 1220. The summed E-state index contributed by atoms with van der Waals surface area (Å²) in [5.74, 6) is -2.64. The summed E-state index contributed by atoms with van der Waals surface area (Å²) in [5, 5.41) is 21.5. The minimum absolute atomic E-state index is 0.00402. The molecule has 0 radical (unpaired) electrons. The van der Waals surface area contributed by atoms with Gasteiger partial charge < -0.3 is 15.9 Å². The predicted octanol–water partition coefficient (Wildman–Crippen LogP) is 3.84. The molecule has 9 heteroatoms. The summed E-state index contributed by atoms with van der Waals surface area (Å²) in [6.07, 6.45) is 4.82. The average Bonchev–Trinajstić information content (AvgIpc) is 2.83. The summed E-state index contributed by atoms with van der Waals surface area (Å²) in [6, 6.07) is 5.21. The number of nitrogens with zero attached hydrogens (tertiary/aromatic N) is 3. The fourth-order valence-corrected chi connectivity index (χ4v) is 5.05. The number of nitrogens with two attached hydrogens (primary N) is 1. The first-order chi connectivity index (χ1) is 16.7. The van der Waals surface area contributed by atoms with E-state index in [2.05, 4.69) is 15.0 Å². The zero-order chi connectivity index (χ0) is 25.3. The molecule has 0 amide bonds. The normalized spacial score (nSPS) is 24.3. The van der Waals surface area contributed by atoms with E-state index in [1.54, 1.807) is 12.4 Å². The van der Waals surface area contributed by atoms with Crippen LogP contribution in [0.2, 0.25) is 0 Å². The second-order valence-electron chi connectivity index (χ2n) is 9.20. The lowest BCUT2D eigenvalue weighted by Crippen LogP contribution is -2.51. The van der Waals surface area contributed by atoms with Crippen LogP contribution in [0, 0.1) is 17.6 Å². The van der Waals surface area contributed by atoms with Crippen LogP contribution in [0.25, 0.3) is 11.4 Å². The van der Waals surface area contributed by atoms with Gasteiger partial charge in [-0.25, -0.2) is 18.7 Å². The number of pyridine rings is 1. The second-order valence-corrected chi connectivity index (χ2v) is 9.20. The van der Waals surface area contributed by atoms with E-state index in [0.29, 0.717) is 24.8 Å². The number of aliphatic hydroxyl groups excluding tert-OH is 1. The Morgan fingerprint density at radius 1 is 1.20 bits per heavy atom. The van der Waals surface area contributed by atoms with E-state index in [1.807, 2.05) is 19.9 Å². The lowest BCUT2D eigenvalue weighted by atomic mass is 9.66. The summed E-state index contributed by atoms with van der Waals surface area (Å²) in [6.45, 7) is 3.76. The third-order valence-corrected chi connectivity index (χ3v) is 7.14. The van der Waals surface area contributed by atoms with E-state index < -0.39 is 34.7 Å². The van der Waals surface area contributed by atoms with Crippen LogP contribution in [-0.2, 0) is 6.42 Å². The van der Waals surface area contributed by atoms with Gasteiger partial charge in [-0.1, -0.05) is 19.9 Å². The van der Waals surface area contributed by atoms with Crippen LogP contribution in [-0.4, -0.2) is 42.7 Å². The number of benzene rings is 1. The molecule has 0 aliphatic heterocycles. The van der Waals surface area contributed by atoms with Crippen molar-refractivity contribution in [2.24, 2.45) is 5.92 Å². The monoisotopic (exact) mass is 482 g/mol. The molecule has 2 aromatic heterocycles. The quantitative estimate of drug-likeness (QED) is 0.456. The van der Waals surface area contributed by atoms with E-state index in [0.717, 1.165) is 23.9 Å². The molecule has 0 spiro atoms. The maximum atomic E-state index is 14.2. The first kappa shape index (κ1) is 24.8. The topological polar surface area (TPSA) is 122 Å². The molecule has 4 atom stereocenters. The van der Waals surface area contributed by atoms with Crippen LogP contribution in [0.15, 0.2) is 42.9 Å². The fourth-order valence-electron chi connectivity index (χ4n) is 5.05. The first-order valence-corrected chi connectivity index (χ1v) is 11.6. The largest absolute Gasteiger partial charge is 0.396 e. The van der Waals surface area contributed by atoms with E-state index in [9.17, 15) is 23.8 Å². The van der Waals surface area contributed by atoms with E-state index in [1.165, 1.54) is 6.07 Å². The Kier molecular flexibility index (Phi) is 6.91. The second kappa shape index (κ2) is 9.75. The number of halogens is 2. The van der Waals surface area contributed by atoms with Crippen molar-refractivity contribution in [3.8, 4) is 11.4 Å². The number of carbonyl (C=O) groups is 1. The van der Waals surface area contributed by atoms with Crippen molar-refractivity contribution >= 4 is 11.5 Å². The van der Waals surface area contributed by atoms with Gasteiger partial charge in [0.05, 0.1) is 29.2 Å². The van der Waals surface area contributed by atoms with Crippen LogP contribution in [0.5, 0.6) is 0 Å². The van der Waals surface area contributed by atoms with Gasteiger partial charge in [-0.3, -0.25) is 9.78 Å². The number of carbonyl (C=O) groups excluding carboxylic acids is 1. The highest BCUT2D eigenvalue weighted by Gasteiger charge is 2.45. The van der Waals surface area contributed by atoms with Crippen molar-refractivity contribution in [3.63, 3.8) is 0 Å². The van der Waals surface area contributed by atoms with Crippen LogP contribution >= 0.6 is 0 Å². The molecule has 1 aromatic carbocycles. The first-order valence-electron chi connectivity index (χ1n) is 11.6. The summed E-state index contributed by atoms with van der Waals surface area (Å²) >= 11 is 0. The van der Waals surface area contributed by atoms with Gasteiger partial charge >= 0.3 is 0 Å². The molecule has 0 saturated heterocycles. The van der Waals surface area contributed by atoms with Gasteiger partial charge in [-0.2, -0.15) is 0 Å². The number of Topliss-reactive ketones (excluding diaryl/α,β-unsaturated/α-hetero) is 1. The Hall–Kier alpha value is -3.30. The van der Waals surface area contributed by atoms with Gasteiger partial charge in [-0.15, -0.1) is 0 Å². The number of aliphatic hydroxyl groups is 2. The van der Waals surface area contributed by atoms with Gasteiger partial charge in [0, 0.05) is 18.8 Å². The highest BCUT2D eigenvalue weighted by atomic mass is 19.1. The Balaban J connectivity index is 1.63. The number of rotatable bonds is 6. The van der Waals surface area contributed by atoms with Gasteiger partial charge in [0.1, 0.15) is 17.3 Å². The Morgan fingerprint density at radius 2 is 1.91 bits per heavy atom. The Morgan fingerprint density at radius 3 is 2.57 bits per heavy atom. The Labute approximate surface area is 202 Å². The van der Waals surface area contributed by atoms with Crippen molar-refractivity contribution in [2.75, 3.05) is 5.73 Å². The van der Waals surface area contributed by atoms with Crippen molar-refractivity contribution in [1.29, 1.82) is 0 Å². The number of ketones is 1. The van der Waals surface area contributed by atoms with Crippen molar-refractivity contribution in [1.82, 2.24) is 15.0 Å². The van der Waals surface area contributed by atoms with Gasteiger partial charge in [0.2, 0.25) is 0 Å². The molecule has 1 saturated carbocycles. The summed E-state index contributed by atoms with van der Waals surface area (Å²) in [5.41, 5.74) is 5.73. The third kappa shape index (κ3) is 4.66. The highest BCUT2D eigenvalue weighted by molar-refractivity contribution is 6.00. The van der Waals surface area contributed by atoms with E-state index in [-0.39, 0.29) is 35.5 Å². The van der Waals surface area contributed by atoms with Crippen LogP contribution in [0.1, 0.15) is 60.6 Å². The summed E-state index contributed by atoms with van der Waals surface area (Å²) in [4.78, 5) is 25.4. The molecule has 1 aliphatic carbocycles. The lowest BCUT2D eigenvalue weighted by molar-refractivity contribution is -0.138. The number of hydrogen-bond donors (Lipinski definition) is 3. The maximum absolute atomic E-state index is 14.2. The average molecular weight is 483 g/mol. The molecule has 35 heavy (non-hydrogen) atoms. The number of nitrogen functional groups attached to an aromatic ring is 1. The maximum Gasteiger partial charge on any atom is 0.187 e. The lowest BCUT2D eigenvalue weighted by Gasteiger charge is -2.45. The molecule has 1 fully saturated rings. The van der Waals surface area contributed by atoms with Crippen molar-refractivity contribution in [2.45, 2.75) is 57.2 Å². The summed E-state index contributed by atoms with van der Waals surface area (Å²) < 4.78 is 28.5. The molecular formula is C26H28F2N4O3. The number of hydrogen-bond acceptors (Lipinski definition) is 7. The third-order valence-electron chi connectivity index (χ3n) is 7.14. The molecular weight excluding hydrogens is 454 g/mol. The van der Waals surface area contributed by atoms with Crippen molar-refractivity contribution in [3.05, 3.63) is 71.3 Å².